The topological polar surface area (TPSA) is 70.4 Å². The highest BCUT2D eigenvalue weighted by atomic mass is 16.4. The maximum absolute atomic E-state index is 11.1. The smallest absolute Gasteiger partial charge is 0.312 e. The Morgan fingerprint density at radius 1 is 1.33 bits per heavy atom. The molecule has 82 valence electrons. The van der Waals surface area contributed by atoms with Gasteiger partial charge in [0.2, 0.25) is 0 Å². The second kappa shape index (κ2) is 3.62. The van der Waals surface area contributed by atoms with Gasteiger partial charge in [-0.15, -0.1) is 0 Å². The summed E-state index contributed by atoms with van der Waals surface area (Å²) in [7, 11) is 0. The summed E-state index contributed by atoms with van der Waals surface area (Å²) in [6.07, 6.45) is 1.53. The Hall–Kier alpha value is -1.42. The SMILES string of the molecule is CC(C)(C(=O)O)C(C)(O)c1ccccn1. The monoisotopic (exact) mass is 209 g/mol. The van der Waals surface area contributed by atoms with Crippen molar-refractivity contribution in [2.24, 2.45) is 5.41 Å². The van der Waals surface area contributed by atoms with Crippen molar-refractivity contribution in [2.75, 3.05) is 0 Å². The molecule has 0 saturated heterocycles. The van der Waals surface area contributed by atoms with Gasteiger partial charge in [0.1, 0.15) is 5.60 Å². The molecule has 2 N–H and O–H groups in total. The number of carboxylic acid groups (broad SMARTS) is 1. The quantitative estimate of drug-likeness (QED) is 0.789. The molecule has 1 unspecified atom stereocenters. The lowest BCUT2D eigenvalue weighted by Crippen LogP contribution is -2.45. The zero-order valence-corrected chi connectivity index (χ0v) is 9.06. The van der Waals surface area contributed by atoms with Crippen molar-refractivity contribution in [3.8, 4) is 0 Å². The van der Waals surface area contributed by atoms with Crippen molar-refractivity contribution < 1.29 is 15.0 Å². The summed E-state index contributed by atoms with van der Waals surface area (Å²) in [5, 5.41) is 19.3. The Labute approximate surface area is 88.6 Å². The molecule has 4 nitrogen and oxygen atoms in total. The molecule has 0 spiro atoms. The zero-order chi connectivity index (χ0) is 11.7. The average Bonchev–Trinajstić information content (AvgIpc) is 2.18. The molecule has 0 aliphatic heterocycles. The van der Waals surface area contributed by atoms with E-state index < -0.39 is 17.0 Å². The molecule has 0 amide bonds. The highest BCUT2D eigenvalue weighted by Gasteiger charge is 2.47. The third-order valence-corrected chi connectivity index (χ3v) is 2.92. The number of aliphatic hydroxyl groups is 1. The number of hydrogen-bond donors (Lipinski definition) is 2. The number of carboxylic acids is 1. The molecule has 1 atom stereocenters. The van der Waals surface area contributed by atoms with E-state index in [0.29, 0.717) is 5.69 Å². The number of rotatable bonds is 3. The molecule has 0 bridgehead atoms. The van der Waals surface area contributed by atoms with Crippen molar-refractivity contribution in [3.05, 3.63) is 30.1 Å². The van der Waals surface area contributed by atoms with Gasteiger partial charge in [-0.1, -0.05) is 6.07 Å². The first-order valence-electron chi connectivity index (χ1n) is 4.67. The third kappa shape index (κ3) is 1.85. The Bertz CT molecular complexity index is 357. The van der Waals surface area contributed by atoms with E-state index in [1.807, 2.05) is 0 Å². The van der Waals surface area contributed by atoms with E-state index in [9.17, 15) is 9.90 Å². The third-order valence-electron chi connectivity index (χ3n) is 2.92. The fourth-order valence-electron chi connectivity index (χ4n) is 1.18. The number of hydrogen-bond acceptors (Lipinski definition) is 3. The lowest BCUT2D eigenvalue weighted by molar-refractivity contribution is -0.164. The highest BCUT2D eigenvalue weighted by molar-refractivity contribution is 5.75. The van der Waals surface area contributed by atoms with Crippen molar-refractivity contribution in [3.63, 3.8) is 0 Å². The van der Waals surface area contributed by atoms with Gasteiger partial charge < -0.3 is 10.2 Å². The number of carbonyl (C=O) groups is 1. The second-order valence-corrected chi connectivity index (χ2v) is 4.22. The zero-order valence-electron chi connectivity index (χ0n) is 9.06. The molecule has 15 heavy (non-hydrogen) atoms. The Kier molecular flexibility index (Phi) is 2.81. The molecule has 4 heteroatoms. The van der Waals surface area contributed by atoms with Gasteiger partial charge in [0.05, 0.1) is 11.1 Å². The lowest BCUT2D eigenvalue weighted by Gasteiger charge is -2.35. The lowest BCUT2D eigenvalue weighted by atomic mass is 9.74. The maximum Gasteiger partial charge on any atom is 0.312 e. The first-order chi connectivity index (χ1) is 6.80. The predicted octanol–water partition coefficient (Wildman–Crippen LogP) is 1.40. The molecule has 1 heterocycles. The van der Waals surface area contributed by atoms with Crippen LogP contribution in [-0.4, -0.2) is 21.2 Å². The second-order valence-electron chi connectivity index (χ2n) is 4.22. The molecule has 0 aromatic carbocycles. The molecule has 0 aliphatic carbocycles. The largest absolute Gasteiger partial charge is 0.481 e. The van der Waals surface area contributed by atoms with Crippen LogP contribution in [0.2, 0.25) is 0 Å². The molecule has 1 rings (SSSR count). The van der Waals surface area contributed by atoms with Gasteiger partial charge in [-0.25, -0.2) is 0 Å². The fourth-order valence-corrected chi connectivity index (χ4v) is 1.18. The van der Waals surface area contributed by atoms with Gasteiger partial charge in [-0.05, 0) is 32.9 Å². The van der Waals surface area contributed by atoms with Gasteiger partial charge >= 0.3 is 5.97 Å². The van der Waals surface area contributed by atoms with Crippen molar-refractivity contribution in [2.45, 2.75) is 26.4 Å². The first kappa shape index (κ1) is 11.7. The van der Waals surface area contributed by atoms with Crippen molar-refractivity contribution in [1.29, 1.82) is 0 Å². The van der Waals surface area contributed by atoms with Gasteiger partial charge in [0, 0.05) is 6.20 Å². The number of pyridine rings is 1. The minimum absolute atomic E-state index is 0.359. The van der Waals surface area contributed by atoms with E-state index in [-0.39, 0.29) is 0 Å². The minimum Gasteiger partial charge on any atom is -0.481 e. The summed E-state index contributed by atoms with van der Waals surface area (Å²) in [6, 6.07) is 5.05. The Morgan fingerprint density at radius 3 is 2.33 bits per heavy atom. The summed E-state index contributed by atoms with van der Waals surface area (Å²) in [4.78, 5) is 15.0. The molecule has 1 aromatic rings. The van der Waals surface area contributed by atoms with E-state index in [0.717, 1.165) is 0 Å². The molecule has 0 radical (unpaired) electrons. The molecular formula is C11H15NO3. The molecule has 0 aliphatic rings. The van der Waals surface area contributed by atoms with Gasteiger partial charge in [0.15, 0.2) is 0 Å². The summed E-state index contributed by atoms with van der Waals surface area (Å²) in [5.41, 5.74) is -2.43. The maximum atomic E-state index is 11.1. The summed E-state index contributed by atoms with van der Waals surface area (Å²) < 4.78 is 0. The van der Waals surface area contributed by atoms with Crippen LogP contribution in [0, 0.1) is 5.41 Å². The van der Waals surface area contributed by atoms with Crippen LogP contribution in [0.25, 0.3) is 0 Å². The summed E-state index contributed by atoms with van der Waals surface area (Å²) >= 11 is 0. The number of nitrogens with zero attached hydrogens (tertiary/aromatic N) is 1. The van der Waals surface area contributed by atoms with E-state index in [1.165, 1.54) is 27.0 Å². The molecule has 0 saturated carbocycles. The van der Waals surface area contributed by atoms with Gasteiger partial charge in [0.25, 0.3) is 0 Å². The van der Waals surface area contributed by atoms with Crippen LogP contribution >= 0.6 is 0 Å². The van der Waals surface area contributed by atoms with Crippen LogP contribution in [0.5, 0.6) is 0 Å². The van der Waals surface area contributed by atoms with Crippen LogP contribution in [0.1, 0.15) is 26.5 Å². The van der Waals surface area contributed by atoms with Crippen molar-refractivity contribution >= 4 is 5.97 Å². The van der Waals surface area contributed by atoms with Gasteiger partial charge in [-0.2, -0.15) is 0 Å². The first-order valence-corrected chi connectivity index (χ1v) is 4.67. The highest BCUT2D eigenvalue weighted by Crippen LogP contribution is 2.38. The van der Waals surface area contributed by atoms with Crippen molar-refractivity contribution in [1.82, 2.24) is 4.98 Å². The van der Waals surface area contributed by atoms with Gasteiger partial charge in [-0.3, -0.25) is 9.78 Å². The van der Waals surface area contributed by atoms with Crippen LogP contribution in [-0.2, 0) is 10.4 Å². The van der Waals surface area contributed by atoms with E-state index >= 15 is 0 Å². The number of aliphatic carboxylic acids is 1. The summed E-state index contributed by atoms with van der Waals surface area (Å²) in [6.45, 7) is 4.41. The van der Waals surface area contributed by atoms with E-state index in [1.54, 1.807) is 18.2 Å². The number of aromatic nitrogens is 1. The average molecular weight is 209 g/mol. The van der Waals surface area contributed by atoms with Crippen LogP contribution in [0.4, 0.5) is 0 Å². The molecule has 1 aromatic heterocycles. The summed E-state index contributed by atoms with van der Waals surface area (Å²) in [5.74, 6) is -1.06. The van der Waals surface area contributed by atoms with Crippen LogP contribution in [0.3, 0.4) is 0 Å². The fraction of sp³-hybridized carbons (Fsp3) is 0.455. The van der Waals surface area contributed by atoms with E-state index in [2.05, 4.69) is 4.98 Å². The normalized spacial score (nSPS) is 15.7. The minimum atomic E-state index is -1.50. The molecular weight excluding hydrogens is 194 g/mol. The Morgan fingerprint density at radius 2 is 1.93 bits per heavy atom. The Balaban J connectivity index is 3.19. The molecule has 0 fully saturated rings. The predicted molar refractivity (Wildman–Crippen MR) is 55.2 cm³/mol. The standard InChI is InChI=1S/C11H15NO3/c1-10(2,9(13)14)11(3,15)8-6-4-5-7-12-8/h4-7,15H,1-3H3,(H,13,14). The van der Waals surface area contributed by atoms with E-state index in [4.69, 9.17) is 5.11 Å². The van der Waals surface area contributed by atoms with Crippen LogP contribution < -0.4 is 0 Å². The van der Waals surface area contributed by atoms with Crippen LogP contribution in [0.15, 0.2) is 24.4 Å².